The van der Waals surface area contributed by atoms with E-state index in [1.807, 2.05) is 24.3 Å². The van der Waals surface area contributed by atoms with Gasteiger partial charge in [0.1, 0.15) is 0 Å². The molecule has 3 aliphatic carbocycles. The maximum atomic E-state index is 13.6. The molecule has 8 heteroatoms. The molecule has 1 aliphatic heterocycles. The number of unbranched alkanes of at least 4 members (excludes halogenated alkanes) is 2. The molecule has 40 heavy (non-hydrogen) atoms. The largest absolute Gasteiger partial charge is 0.456 e. The van der Waals surface area contributed by atoms with E-state index in [1.165, 1.54) is 27.2 Å². The van der Waals surface area contributed by atoms with E-state index in [0.29, 0.717) is 31.5 Å². The molecule has 3 amide bonds. The summed E-state index contributed by atoms with van der Waals surface area (Å²) in [6, 6.07) is 23.5. The average Bonchev–Trinajstić information content (AvgIpc) is 3.22. The summed E-state index contributed by atoms with van der Waals surface area (Å²) in [5, 5.41) is 2.68. The predicted octanol–water partition coefficient (Wildman–Crippen LogP) is 5.38. The van der Waals surface area contributed by atoms with E-state index >= 15 is 0 Å². The number of hydrogen-bond acceptors (Lipinski definition) is 5. The number of imide groups is 1. The lowest BCUT2D eigenvalue weighted by atomic mass is 9.55. The van der Waals surface area contributed by atoms with E-state index in [0.717, 1.165) is 4.47 Å². The second kappa shape index (κ2) is 11.0. The Hall–Kier alpha value is -3.78. The average molecular weight is 601 g/mol. The van der Waals surface area contributed by atoms with Gasteiger partial charge in [0.15, 0.2) is 6.61 Å². The third-order valence-electron chi connectivity index (χ3n) is 8.29. The number of benzene rings is 3. The Labute approximate surface area is 241 Å². The third-order valence-corrected chi connectivity index (χ3v) is 8.82. The molecule has 0 aromatic heterocycles. The number of amides is 3. The first-order valence-electron chi connectivity index (χ1n) is 13.7. The molecule has 3 aromatic carbocycles. The molecular formula is C32H29BrN2O5. The Morgan fingerprint density at radius 1 is 0.750 bits per heavy atom. The number of ether oxygens (including phenoxy) is 1. The van der Waals surface area contributed by atoms with Crippen molar-refractivity contribution in [2.24, 2.45) is 11.8 Å². The van der Waals surface area contributed by atoms with Gasteiger partial charge in [-0.3, -0.25) is 24.1 Å². The van der Waals surface area contributed by atoms with E-state index in [1.54, 1.807) is 24.3 Å². The Morgan fingerprint density at radius 3 is 1.80 bits per heavy atom. The van der Waals surface area contributed by atoms with Crippen molar-refractivity contribution in [3.8, 4) is 0 Å². The lowest BCUT2D eigenvalue weighted by molar-refractivity contribution is -0.147. The van der Waals surface area contributed by atoms with Crippen LogP contribution in [0.2, 0.25) is 0 Å². The van der Waals surface area contributed by atoms with Crippen molar-refractivity contribution >= 4 is 45.3 Å². The van der Waals surface area contributed by atoms with Gasteiger partial charge in [0, 0.05) is 35.0 Å². The Bertz CT molecular complexity index is 1370. The van der Waals surface area contributed by atoms with Gasteiger partial charge in [-0.2, -0.15) is 0 Å². The zero-order chi connectivity index (χ0) is 27.8. The lowest BCUT2D eigenvalue weighted by Crippen LogP contribution is -2.41. The van der Waals surface area contributed by atoms with E-state index in [9.17, 15) is 19.2 Å². The molecular weight excluding hydrogens is 572 g/mol. The zero-order valence-electron chi connectivity index (χ0n) is 21.8. The molecule has 4 aliphatic rings. The van der Waals surface area contributed by atoms with Gasteiger partial charge in [-0.25, -0.2) is 0 Å². The first-order chi connectivity index (χ1) is 19.4. The molecule has 2 atom stereocenters. The highest BCUT2D eigenvalue weighted by Gasteiger charge is 2.61. The van der Waals surface area contributed by atoms with Crippen LogP contribution in [-0.4, -0.2) is 41.7 Å². The molecule has 7 nitrogen and oxygen atoms in total. The van der Waals surface area contributed by atoms with Crippen LogP contribution in [-0.2, 0) is 23.9 Å². The molecule has 0 unspecified atom stereocenters. The van der Waals surface area contributed by atoms with Gasteiger partial charge in [-0.1, -0.05) is 70.9 Å². The SMILES string of the molecule is O=C(COC(=O)CCCCCN1C(=O)[C@H]2C3c4ccccc4C(c4ccccc43)[C@@H]2C1=O)Nc1ccc(Br)cc1. The maximum absolute atomic E-state index is 13.6. The van der Waals surface area contributed by atoms with Gasteiger partial charge >= 0.3 is 5.97 Å². The third kappa shape index (κ3) is 4.74. The number of carbonyl (C=O) groups is 4. The summed E-state index contributed by atoms with van der Waals surface area (Å²) in [5.74, 6) is -1.92. The Kier molecular flexibility index (Phi) is 7.27. The number of halogens is 1. The fourth-order valence-corrected chi connectivity index (χ4v) is 6.89. The smallest absolute Gasteiger partial charge is 0.306 e. The monoisotopic (exact) mass is 600 g/mol. The highest BCUT2D eigenvalue weighted by molar-refractivity contribution is 9.10. The zero-order valence-corrected chi connectivity index (χ0v) is 23.4. The van der Waals surface area contributed by atoms with E-state index < -0.39 is 11.9 Å². The second-order valence-electron chi connectivity index (χ2n) is 10.6. The number of anilines is 1. The van der Waals surface area contributed by atoms with Crippen molar-refractivity contribution in [3.63, 3.8) is 0 Å². The Balaban J connectivity index is 1.000. The molecule has 0 radical (unpaired) electrons. The summed E-state index contributed by atoms with van der Waals surface area (Å²) < 4.78 is 5.99. The number of hydrogen-bond donors (Lipinski definition) is 1. The summed E-state index contributed by atoms with van der Waals surface area (Å²) in [7, 11) is 0. The molecule has 1 heterocycles. The van der Waals surface area contributed by atoms with Crippen molar-refractivity contribution < 1.29 is 23.9 Å². The van der Waals surface area contributed by atoms with Crippen LogP contribution in [0, 0.1) is 11.8 Å². The number of esters is 1. The molecule has 7 rings (SSSR count). The first kappa shape index (κ1) is 26.4. The van der Waals surface area contributed by atoms with E-state index in [4.69, 9.17) is 4.74 Å². The molecule has 1 saturated heterocycles. The summed E-state index contributed by atoms with van der Waals surface area (Å²) in [6.07, 6.45) is 2.01. The second-order valence-corrected chi connectivity index (χ2v) is 11.5. The van der Waals surface area contributed by atoms with Crippen molar-refractivity contribution in [3.05, 3.63) is 99.5 Å². The number of carbonyl (C=O) groups excluding carboxylic acids is 4. The molecule has 2 bridgehead atoms. The highest BCUT2D eigenvalue weighted by atomic mass is 79.9. The number of nitrogens with one attached hydrogen (secondary N) is 1. The molecule has 1 N–H and O–H groups in total. The van der Waals surface area contributed by atoms with Crippen LogP contribution >= 0.6 is 15.9 Å². The Morgan fingerprint density at radius 2 is 1.27 bits per heavy atom. The van der Waals surface area contributed by atoms with Crippen molar-refractivity contribution in [2.75, 3.05) is 18.5 Å². The van der Waals surface area contributed by atoms with Crippen molar-refractivity contribution in [1.82, 2.24) is 4.90 Å². The lowest BCUT2D eigenvalue weighted by Gasteiger charge is -2.45. The number of rotatable bonds is 9. The van der Waals surface area contributed by atoms with Crippen LogP contribution in [0.3, 0.4) is 0 Å². The molecule has 0 saturated carbocycles. The summed E-state index contributed by atoms with van der Waals surface area (Å²) in [5.41, 5.74) is 5.29. The number of likely N-dealkylation sites (tertiary alicyclic amines) is 1. The van der Waals surface area contributed by atoms with Crippen LogP contribution in [0.25, 0.3) is 0 Å². The van der Waals surface area contributed by atoms with Gasteiger partial charge in [0.25, 0.3) is 5.91 Å². The number of nitrogens with zero attached hydrogens (tertiary/aromatic N) is 1. The van der Waals surface area contributed by atoms with Crippen molar-refractivity contribution in [2.45, 2.75) is 37.5 Å². The van der Waals surface area contributed by atoms with E-state index in [2.05, 4.69) is 45.5 Å². The fourth-order valence-electron chi connectivity index (χ4n) is 6.62. The predicted molar refractivity (Wildman–Crippen MR) is 152 cm³/mol. The molecule has 3 aromatic rings. The van der Waals surface area contributed by atoms with Crippen LogP contribution in [0.15, 0.2) is 77.3 Å². The molecule has 1 fully saturated rings. The normalized spacial score (nSPS) is 22.0. The van der Waals surface area contributed by atoms with Gasteiger partial charge < -0.3 is 10.1 Å². The van der Waals surface area contributed by atoms with E-state index in [-0.39, 0.29) is 48.5 Å². The standard InChI is InChI=1S/C32H29BrN2O5/c33-19-13-15-20(16-14-19)34-25(36)18-40-26(37)12-2-1-7-17-35-31(38)29-27-21-8-3-4-9-22(21)28(30(29)32(35)39)24-11-6-5-10-23(24)27/h3-6,8-11,13-16,27-30H,1-2,7,12,17-18H2,(H,34,36)/t27?,28?,29-,30-/m0/s1. The van der Waals surface area contributed by atoms with Gasteiger partial charge in [-0.05, 0) is 59.4 Å². The van der Waals surface area contributed by atoms with Gasteiger partial charge in [0.05, 0.1) is 11.8 Å². The fraction of sp³-hybridized carbons (Fsp3) is 0.312. The highest BCUT2D eigenvalue weighted by Crippen LogP contribution is 2.60. The van der Waals surface area contributed by atoms with Crippen LogP contribution in [0.5, 0.6) is 0 Å². The summed E-state index contributed by atoms with van der Waals surface area (Å²) >= 11 is 3.34. The summed E-state index contributed by atoms with van der Waals surface area (Å²) in [6.45, 7) is 0.00298. The maximum Gasteiger partial charge on any atom is 0.306 e. The van der Waals surface area contributed by atoms with Gasteiger partial charge in [0.2, 0.25) is 11.8 Å². The topological polar surface area (TPSA) is 92.8 Å². The van der Waals surface area contributed by atoms with Crippen LogP contribution in [0.1, 0.15) is 59.8 Å². The summed E-state index contributed by atoms with van der Waals surface area (Å²) in [4.78, 5) is 52.8. The minimum Gasteiger partial charge on any atom is -0.456 e. The molecule has 204 valence electrons. The minimum absolute atomic E-state index is 0.0785. The quantitative estimate of drug-likeness (QED) is 0.202. The van der Waals surface area contributed by atoms with Crippen molar-refractivity contribution in [1.29, 1.82) is 0 Å². The van der Waals surface area contributed by atoms with Crippen LogP contribution in [0.4, 0.5) is 5.69 Å². The van der Waals surface area contributed by atoms with Crippen LogP contribution < -0.4 is 5.32 Å². The van der Waals surface area contributed by atoms with Gasteiger partial charge in [-0.15, -0.1) is 0 Å². The first-order valence-corrected chi connectivity index (χ1v) is 14.5. The minimum atomic E-state index is -0.447. The molecule has 0 spiro atoms.